The number of nitriles is 3. The largest absolute Gasteiger partial charge is 0.309 e. The third kappa shape index (κ3) is 4.38. The second-order valence-corrected chi connectivity index (χ2v) is 12.3. The van der Waals surface area contributed by atoms with Crippen LogP contribution in [0.4, 0.5) is 0 Å². The summed E-state index contributed by atoms with van der Waals surface area (Å²) in [5, 5.41) is 33.9. The molecule has 7 aromatic carbocycles. The molecule has 9 rings (SSSR count). The van der Waals surface area contributed by atoms with E-state index in [2.05, 4.69) is 124 Å². The van der Waals surface area contributed by atoms with E-state index in [-0.39, 0.29) is 0 Å². The Labute approximate surface area is 287 Å². The van der Waals surface area contributed by atoms with E-state index in [1.807, 2.05) is 42.5 Å². The van der Waals surface area contributed by atoms with Gasteiger partial charge in [0.2, 0.25) is 0 Å². The lowest BCUT2D eigenvalue weighted by molar-refractivity contribution is 1.18. The van der Waals surface area contributed by atoms with Crippen LogP contribution in [0.1, 0.15) is 16.7 Å². The second-order valence-electron chi connectivity index (χ2n) is 12.3. The molecule has 0 fully saturated rings. The smallest absolute Gasteiger partial charge is 0.0998 e. The molecule has 0 saturated carbocycles. The summed E-state index contributed by atoms with van der Waals surface area (Å²) in [5.41, 5.74) is 11.6. The molecule has 0 saturated heterocycles. The van der Waals surface area contributed by atoms with Crippen LogP contribution in [0.2, 0.25) is 0 Å². The van der Waals surface area contributed by atoms with E-state index in [1.165, 1.54) is 10.8 Å². The maximum absolute atomic E-state index is 10.5. The van der Waals surface area contributed by atoms with Gasteiger partial charge in [0.05, 0.1) is 62.7 Å². The molecule has 0 radical (unpaired) electrons. The number of benzene rings is 7. The van der Waals surface area contributed by atoms with Gasteiger partial charge < -0.3 is 9.13 Å². The van der Waals surface area contributed by atoms with Gasteiger partial charge in [0.1, 0.15) is 0 Å². The first kappa shape index (κ1) is 28.8. The lowest BCUT2D eigenvalue weighted by Gasteiger charge is -2.15. The zero-order valence-corrected chi connectivity index (χ0v) is 26.7. The Bertz CT molecular complexity index is 2850. The number of nitrogens with zero attached hydrogens (tertiary/aromatic N) is 5. The summed E-state index contributed by atoms with van der Waals surface area (Å²) in [4.78, 5) is 0. The topological polar surface area (TPSA) is 81.2 Å². The van der Waals surface area contributed by atoms with E-state index < -0.39 is 0 Å². The first-order valence-electron chi connectivity index (χ1n) is 16.3. The molecule has 5 nitrogen and oxygen atoms in total. The minimum Gasteiger partial charge on any atom is -0.309 e. The number of para-hydroxylation sites is 3. The molecule has 0 spiro atoms. The van der Waals surface area contributed by atoms with Gasteiger partial charge in [-0.15, -0.1) is 0 Å². The molecule has 0 aliphatic carbocycles. The Hall–Kier alpha value is -7.39. The van der Waals surface area contributed by atoms with Crippen molar-refractivity contribution >= 4 is 43.6 Å². The standard InChI is InChI=1S/C45H25N5/c46-26-29-16-20-44-39(22-29)40-23-30(27-47)17-21-45(40)49(44)34-18-19-35(33(25-34)28-48)31-8-7-9-32(24-31)36-10-1-4-13-41(36)50-42-14-5-2-11-37(42)38-12-3-6-15-43(38)50/h1-25H. The fourth-order valence-corrected chi connectivity index (χ4v) is 7.41. The van der Waals surface area contributed by atoms with Crippen LogP contribution in [0.15, 0.2) is 152 Å². The minimum absolute atomic E-state index is 0.548. The summed E-state index contributed by atoms with van der Waals surface area (Å²) in [5.74, 6) is 0. The molecular weight excluding hydrogens is 611 g/mol. The lowest BCUT2D eigenvalue weighted by atomic mass is 9.95. The van der Waals surface area contributed by atoms with Crippen LogP contribution < -0.4 is 0 Å². The van der Waals surface area contributed by atoms with Crippen LogP contribution in [0, 0.1) is 34.0 Å². The first-order chi connectivity index (χ1) is 24.7. The molecule has 2 heterocycles. The Morgan fingerprint density at radius 3 is 1.56 bits per heavy atom. The van der Waals surface area contributed by atoms with Gasteiger partial charge in [0.15, 0.2) is 0 Å². The van der Waals surface area contributed by atoms with E-state index in [0.717, 1.165) is 66.5 Å². The third-order valence-electron chi connectivity index (χ3n) is 9.61. The van der Waals surface area contributed by atoms with Crippen molar-refractivity contribution in [3.8, 4) is 51.8 Å². The molecule has 50 heavy (non-hydrogen) atoms. The Morgan fingerprint density at radius 1 is 0.380 bits per heavy atom. The van der Waals surface area contributed by atoms with Crippen LogP contribution in [0.5, 0.6) is 0 Å². The first-order valence-corrected chi connectivity index (χ1v) is 16.3. The van der Waals surface area contributed by atoms with Gasteiger partial charge in [0.25, 0.3) is 0 Å². The summed E-state index contributed by atoms with van der Waals surface area (Å²) in [6, 6.07) is 57.9. The molecule has 0 aliphatic rings. The number of rotatable bonds is 4. The molecule has 0 N–H and O–H groups in total. The average Bonchev–Trinajstić information content (AvgIpc) is 3.69. The number of aromatic nitrogens is 2. The van der Waals surface area contributed by atoms with Crippen molar-refractivity contribution in [2.75, 3.05) is 0 Å². The predicted molar refractivity (Wildman–Crippen MR) is 200 cm³/mol. The maximum atomic E-state index is 10.5. The van der Waals surface area contributed by atoms with E-state index in [0.29, 0.717) is 16.7 Å². The number of fused-ring (bicyclic) bond motifs is 6. The summed E-state index contributed by atoms with van der Waals surface area (Å²) < 4.78 is 4.43. The van der Waals surface area contributed by atoms with Crippen molar-refractivity contribution in [2.45, 2.75) is 0 Å². The molecule has 0 amide bonds. The van der Waals surface area contributed by atoms with Crippen LogP contribution >= 0.6 is 0 Å². The lowest BCUT2D eigenvalue weighted by Crippen LogP contribution is -1.98. The monoisotopic (exact) mass is 635 g/mol. The number of hydrogen-bond acceptors (Lipinski definition) is 3. The van der Waals surface area contributed by atoms with Crippen LogP contribution in [-0.4, -0.2) is 9.13 Å². The Kier molecular flexibility index (Phi) is 6.56. The Morgan fingerprint density at radius 2 is 0.940 bits per heavy atom. The second kappa shape index (κ2) is 11.4. The molecule has 230 valence electrons. The fraction of sp³-hybridized carbons (Fsp3) is 0. The maximum Gasteiger partial charge on any atom is 0.0998 e. The zero-order chi connectivity index (χ0) is 33.8. The van der Waals surface area contributed by atoms with Crippen LogP contribution in [-0.2, 0) is 0 Å². The van der Waals surface area contributed by atoms with Gasteiger partial charge in [-0.3, -0.25) is 0 Å². The molecule has 0 atom stereocenters. The SMILES string of the molecule is N#Cc1ccc2c(c1)c1cc(C#N)ccc1n2-c1ccc(-c2cccc(-c3ccccc3-n3c4ccccc4c4ccccc43)c2)c(C#N)c1. The van der Waals surface area contributed by atoms with Gasteiger partial charge in [0, 0.05) is 32.8 Å². The minimum atomic E-state index is 0.548. The highest BCUT2D eigenvalue weighted by molar-refractivity contribution is 6.11. The Balaban J connectivity index is 1.19. The van der Waals surface area contributed by atoms with Crippen LogP contribution in [0.3, 0.4) is 0 Å². The van der Waals surface area contributed by atoms with Gasteiger partial charge in [-0.05, 0) is 89.5 Å². The van der Waals surface area contributed by atoms with Gasteiger partial charge in [-0.1, -0.05) is 78.9 Å². The quantitative estimate of drug-likeness (QED) is 0.193. The van der Waals surface area contributed by atoms with Crippen LogP contribution in [0.25, 0.3) is 77.2 Å². The van der Waals surface area contributed by atoms with Crippen molar-refractivity contribution in [3.05, 3.63) is 168 Å². The molecule has 0 bridgehead atoms. The predicted octanol–water partition coefficient (Wildman–Crippen LogP) is 10.8. The fourth-order valence-electron chi connectivity index (χ4n) is 7.41. The van der Waals surface area contributed by atoms with Gasteiger partial charge >= 0.3 is 0 Å². The van der Waals surface area contributed by atoms with Crippen molar-refractivity contribution in [1.82, 2.24) is 9.13 Å². The summed E-state index contributed by atoms with van der Waals surface area (Å²) in [6.07, 6.45) is 0. The molecule has 0 aliphatic heterocycles. The molecule has 0 unspecified atom stereocenters. The average molecular weight is 636 g/mol. The molecule has 5 heteroatoms. The highest BCUT2D eigenvalue weighted by atomic mass is 15.0. The highest BCUT2D eigenvalue weighted by Gasteiger charge is 2.18. The summed E-state index contributed by atoms with van der Waals surface area (Å²) in [6.45, 7) is 0. The highest BCUT2D eigenvalue weighted by Crippen LogP contribution is 2.39. The van der Waals surface area contributed by atoms with Gasteiger partial charge in [-0.2, -0.15) is 15.8 Å². The van der Waals surface area contributed by atoms with Crippen molar-refractivity contribution in [2.24, 2.45) is 0 Å². The van der Waals surface area contributed by atoms with Crippen molar-refractivity contribution < 1.29 is 0 Å². The summed E-state index contributed by atoms with van der Waals surface area (Å²) in [7, 11) is 0. The van der Waals surface area contributed by atoms with Crippen molar-refractivity contribution in [1.29, 1.82) is 15.8 Å². The van der Waals surface area contributed by atoms with Gasteiger partial charge in [-0.25, -0.2) is 0 Å². The molecular formula is C45H25N5. The van der Waals surface area contributed by atoms with E-state index in [9.17, 15) is 15.8 Å². The normalized spacial score (nSPS) is 11.1. The number of hydrogen-bond donors (Lipinski definition) is 0. The molecule has 2 aromatic heterocycles. The third-order valence-corrected chi connectivity index (χ3v) is 9.61. The van der Waals surface area contributed by atoms with E-state index in [4.69, 9.17) is 0 Å². The van der Waals surface area contributed by atoms with Crippen molar-refractivity contribution in [3.63, 3.8) is 0 Å². The van der Waals surface area contributed by atoms with E-state index >= 15 is 0 Å². The molecule has 9 aromatic rings. The van der Waals surface area contributed by atoms with E-state index in [1.54, 1.807) is 12.1 Å². The zero-order valence-electron chi connectivity index (χ0n) is 26.7. The summed E-state index contributed by atoms with van der Waals surface area (Å²) >= 11 is 0.